The van der Waals surface area contributed by atoms with Crippen LogP contribution in [0.1, 0.15) is 31.2 Å². The molecule has 0 saturated heterocycles. The number of methoxy groups -OCH3 is 1. The molecule has 0 aliphatic heterocycles. The number of carbonyl (C=O) groups is 1. The number of hydrogen-bond donors (Lipinski definition) is 1. The van der Waals surface area contributed by atoms with Crippen LogP contribution >= 0.6 is 0 Å². The molecule has 16 heavy (non-hydrogen) atoms. The van der Waals surface area contributed by atoms with Crippen molar-refractivity contribution in [2.45, 2.75) is 31.1 Å². The van der Waals surface area contributed by atoms with Crippen molar-refractivity contribution in [1.29, 1.82) is 0 Å². The number of esters is 1. The summed E-state index contributed by atoms with van der Waals surface area (Å²) in [5.41, 5.74) is 6.99. The maximum atomic E-state index is 12.0. The van der Waals surface area contributed by atoms with E-state index in [1.807, 2.05) is 24.3 Å². The molecule has 1 fully saturated rings. The highest BCUT2D eigenvalue weighted by Crippen LogP contribution is 2.42. The third-order valence-corrected chi connectivity index (χ3v) is 3.50. The van der Waals surface area contributed by atoms with Crippen LogP contribution in [0.2, 0.25) is 0 Å². The second kappa shape index (κ2) is 4.16. The minimum Gasteiger partial charge on any atom is -0.468 e. The molecule has 0 amide bonds. The topological polar surface area (TPSA) is 52.3 Å². The zero-order chi connectivity index (χ0) is 11.6. The SMILES string of the molecule is COC(=O)C1(c2ccc(N)cc2)CCCC1. The first-order valence-electron chi connectivity index (χ1n) is 5.63. The van der Waals surface area contributed by atoms with Crippen LogP contribution < -0.4 is 5.73 Å². The summed E-state index contributed by atoms with van der Waals surface area (Å²) >= 11 is 0. The lowest BCUT2D eigenvalue weighted by Crippen LogP contribution is -2.33. The molecule has 1 aliphatic carbocycles. The van der Waals surface area contributed by atoms with Gasteiger partial charge in [0.1, 0.15) is 0 Å². The molecule has 1 aromatic carbocycles. The normalized spacial score (nSPS) is 18.3. The molecule has 86 valence electrons. The molecule has 1 aliphatic rings. The molecule has 2 N–H and O–H groups in total. The highest BCUT2D eigenvalue weighted by atomic mass is 16.5. The van der Waals surface area contributed by atoms with E-state index in [0.29, 0.717) is 0 Å². The van der Waals surface area contributed by atoms with E-state index in [1.165, 1.54) is 7.11 Å². The standard InChI is InChI=1S/C13H17NO2/c1-16-12(15)13(8-2-3-9-13)10-4-6-11(14)7-5-10/h4-7H,2-3,8-9,14H2,1H3. The van der Waals surface area contributed by atoms with Crippen LogP contribution in [0.3, 0.4) is 0 Å². The summed E-state index contributed by atoms with van der Waals surface area (Å²) in [5.74, 6) is -0.116. The summed E-state index contributed by atoms with van der Waals surface area (Å²) in [4.78, 5) is 12.0. The molecule has 0 atom stereocenters. The van der Waals surface area contributed by atoms with Gasteiger partial charge in [0, 0.05) is 5.69 Å². The van der Waals surface area contributed by atoms with Gasteiger partial charge in [-0.2, -0.15) is 0 Å². The molecular weight excluding hydrogens is 202 g/mol. The number of ether oxygens (including phenoxy) is 1. The van der Waals surface area contributed by atoms with Crippen molar-refractivity contribution in [1.82, 2.24) is 0 Å². The largest absolute Gasteiger partial charge is 0.468 e. The minimum absolute atomic E-state index is 0.116. The summed E-state index contributed by atoms with van der Waals surface area (Å²) in [7, 11) is 1.46. The van der Waals surface area contributed by atoms with Crippen LogP contribution in [-0.2, 0) is 14.9 Å². The Balaban J connectivity index is 2.39. The van der Waals surface area contributed by atoms with Gasteiger partial charge in [0.25, 0.3) is 0 Å². The number of rotatable bonds is 2. The Morgan fingerprint density at radius 3 is 2.31 bits per heavy atom. The number of benzene rings is 1. The lowest BCUT2D eigenvalue weighted by atomic mass is 9.79. The van der Waals surface area contributed by atoms with Gasteiger partial charge in [-0.05, 0) is 30.5 Å². The van der Waals surface area contributed by atoms with Crippen LogP contribution in [0.15, 0.2) is 24.3 Å². The predicted octanol–water partition coefficient (Wildman–Crippen LogP) is 2.25. The van der Waals surface area contributed by atoms with Gasteiger partial charge in [-0.3, -0.25) is 4.79 Å². The molecule has 0 spiro atoms. The Kier molecular flexibility index (Phi) is 2.86. The smallest absolute Gasteiger partial charge is 0.316 e. The van der Waals surface area contributed by atoms with Gasteiger partial charge in [-0.1, -0.05) is 25.0 Å². The van der Waals surface area contributed by atoms with Gasteiger partial charge < -0.3 is 10.5 Å². The average molecular weight is 219 g/mol. The first-order valence-corrected chi connectivity index (χ1v) is 5.63. The molecule has 0 unspecified atom stereocenters. The van der Waals surface area contributed by atoms with Crippen molar-refractivity contribution in [2.24, 2.45) is 0 Å². The van der Waals surface area contributed by atoms with Crippen molar-refractivity contribution in [3.8, 4) is 0 Å². The van der Waals surface area contributed by atoms with E-state index in [2.05, 4.69) is 0 Å². The Morgan fingerprint density at radius 1 is 1.25 bits per heavy atom. The number of carbonyl (C=O) groups excluding carboxylic acids is 1. The van der Waals surface area contributed by atoms with Crippen LogP contribution in [-0.4, -0.2) is 13.1 Å². The molecule has 0 aromatic heterocycles. The Hall–Kier alpha value is -1.51. The lowest BCUT2D eigenvalue weighted by molar-refractivity contribution is -0.147. The van der Waals surface area contributed by atoms with E-state index in [-0.39, 0.29) is 5.97 Å². The summed E-state index contributed by atoms with van der Waals surface area (Å²) in [6, 6.07) is 7.58. The summed E-state index contributed by atoms with van der Waals surface area (Å²) in [6.45, 7) is 0. The zero-order valence-electron chi connectivity index (χ0n) is 9.53. The van der Waals surface area contributed by atoms with Crippen molar-refractivity contribution in [3.05, 3.63) is 29.8 Å². The molecule has 3 nitrogen and oxygen atoms in total. The molecule has 1 aromatic rings. The molecule has 0 radical (unpaired) electrons. The fourth-order valence-corrected chi connectivity index (χ4v) is 2.59. The maximum Gasteiger partial charge on any atom is 0.316 e. The van der Waals surface area contributed by atoms with Crippen LogP contribution in [0.4, 0.5) is 5.69 Å². The molecule has 1 saturated carbocycles. The number of hydrogen-bond acceptors (Lipinski definition) is 3. The highest BCUT2D eigenvalue weighted by Gasteiger charge is 2.43. The quantitative estimate of drug-likeness (QED) is 0.613. The van der Waals surface area contributed by atoms with E-state index in [1.54, 1.807) is 0 Å². The maximum absolute atomic E-state index is 12.0. The van der Waals surface area contributed by atoms with E-state index in [4.69, 9.17) is 10.5 Å². The third-order valence-electron chi connectivity index (χ3n) is 3.50. The van der Waals surface area contributed by atoms with E-state index in [9.17, 15) is 4.79 Å². The van der Waals surface area contributed by atoms with Gasteiger partial charge in [0.2, 0.25) is 0 Å². The molecule has 2 rings (SSSR count). The first kappa shape index (κ1) is 11.0. The Bertz CT molecular complexity index is 377. The van der Waals surface area contributed by atoms with Crippen molar-refractivity contribution < 1.29 is 9.53 Å². The Labute approximate surface area is 95.6 Å². The number of anilines is 1. The number of nitrogen functional groups attached to an aromatic ring is 1. The Morgan fingerprint density at radius 2 is 1.81 bits per heavy atom. The van der Waals surface area contributed by atoms with Gasteiger partial charge >= 0.3 is 5.97 Å². The monoisotopic (exact) mass is 219 g/mol. The third kappa shape index (κ3) is 1.66. The lowest BCUT2D eigenvalue weighted by Gasteiger charge is -2.26. The van der Waals surface area contributed by atoms with Gasteiger partial charge in [0.15, 0.2) is 0 Å². The number of nitrogens with two attached hydrogens (primary N) is 1. The fourth-order valence-electron chi connectivity index (χ4n) is 2.59. The van der Waals surface area contributed by atoms with Crippen molar-refractivity contribution in [3.63, 3.8) is 0 Å². The molecular formula is C13H17NO2. The first-order chi connectivity index (χ1) is 7.69. The fraction of sp³-hybridized carbons (Fsp3) is 0.462. The van der Waals surface area contributed by atoms with Gasteiger partial charge in [-0.15, -0.1) is 0 Å². The van der Waals surface area contributed by atoms with Gasteiger partial charge in [0.05, 0.1) is 12.5 Å². The summed E-state index contributed by atoms with van der Waals surface area (Å²) in [5, 5.41) is 0. The van der Waals surface area contributed by atoms with Crippen molar-refractivity contribution >= 4 is 11.7 Å². The average Bonchev–Trinajstić information content (AvgIpc) is 2.79. The second-order valence-corrected chi connectivity index (χ2v) is 4.40. The highest BCUT2D eigenvalue weighted by molar-refractivity contribution is 5.83. The van der Waals surface area contributed by atoms with Crippen LogP contribution in [0.5, 0.6) is 0 Å². The summed E-state index contributed by atoms with van der Waals surface area (Å²) in [6.07, 6.45) is 3.92. The molecule has 0 bridgehead atoms. The van der Waals surface area contributed by atoms with E-state index >= 15 is 0 Å². The van der Waals surface area contributed by atoms with E-state index < -0.39 is 5.41 Å². The van der Waals surface area contributed by atoms with Crippen molar-refractivity contribution in [2.75, 3.05) is 12.8 Å². The minimum atomic E-state index is -0.428. The molecule has 3 heteroatoms. The van der Waals surface area contributed by atoms with Gasteiger partial charge in [-0.25, -0.2) is 0 Å². The van der Waals surface area contributed by atoms with Crippen LogP contribution in [0.25, 0.3) is 0 Å². The predicted molar refractivity (Wildman–Crippen MR) is 63.0 cm³/mol. The second-order valence-electron chi connectivity index (χ2n) is 4.40. The zero-order valence-corrected chi connectivity index (χ0v) is 9.53. The van der Waals surface area contributed by atoms with E-state index in [0.717, 1.165) is 36.9 Å². The van der Waals surface area contributed by atoms with Crippen LogP contribution in [0, 0.1) is 0 Å². The molecule has 0 heterocycles. The summed E-state index contributed by atoms with van der Waals surface area (Å²) < 4.78 is 4.95.